The lowest BCUT2D eigenvalue weighted by atomic mass is 10.1. The summed E-state index contributed by atoms with van der Waals surface area (Å²) < 4.78 is 0. The molecular formula is C15H26N2. The Kier molecular flexibility index (Phi) is 6.06. The van der Waals surface area contributed by atoms with Gasteiger partial charge in [0.05, 0.1) is 0 Å². The average Bonchev–Trinajstić information content (AvgIpc) is 2.30. The zero-order chi connectivity index (χ0) is 12.7. The van der Waals surface area contributed by atoms with Crippen molar-refractivity contribution in [1.29, 1.82) is 0 Å². The average molecular weight is 234 g/mol. The highest BCUT2D eigenvalue weighted by Gasteiger charge is 1.99. The first-order valence-electron chi connectivity index (χ1n) is 6.64. The third kappa shape index (κ3) is 5.22. The molecule has 0 atom stereocenters. The van der Waals surface area contributed by atoms with Gasteiger partial charge < -0.3 is 10.2 Å². The minimum absolute atomic E-state index is 0.713. The summed E-state index contributed by atoms with van der Waals surface area (Å²) in [5.74, 6) is 0.713. The molecule has 1 N–H and O–H groups in total. The van der Waals surface area contributed by atoms with Gasteiger partial charge in [0.2, 0.25) is 0 Å². The van der Waals surface area contributed by atoms with E-state index in [1.807, 2.05) is 0 Å². The quantitative estimate of drug-likeness (QED) is 0.779. The Hall–Kier alpha value is -1.02. The maximum atomic E-state index is 3.46. The Labute approximate surface area is 106 Å². The van der Waals surface area contributed by atoms with Gasteiger partial charge in [-0.2, -0.15) is 0 Å². The molecule has 2 heteroatoms. The van der Waals surface area contributed by atoms with E-state index >= 15 is 0 Å². The van der Waals surface area contributed by atoms with Crippen molar-refractivity contribution >= 4 is 5.69 Å². The van der Waals surface area contributed by atoms with Gasteiger partial charge in [-0.25, -0.2) is 0 Å². The monoisotopic (exact) mass is 234 g/mol. The van der Waals surface area contributed by atoms with E-state index in [1.54, 1.807) is 0 Å². The molecule has 1 aromatic rings. The van der Waals surface area contributed by atoms with E-state index in [1.165, 1.54) is 17.7 Å². The van der Waals surface area contributed by atoms with Crippen molar-refractivity contribution in [2.24, 2.45) is 5.92 Å². The molecule has 1 aromatic carbocycles. The zero-order valence-corrected chi connectivity index (χ0v) is 11.7. The van der Waals surface area contributed by atoms with E-state index in [4.69, 9.17) is 0 Å². The van der Waals surface area contributed by atoms with E-state index in [9.17, 15) is 0 Å². The molecule has 0 bridgehead atoms. The molecule has 0 aliphatic heterocycles. The molecule has 2 nitrogen and oxygen atoms in total. The van der Waals surface area contributed by atoms with Crippen molar-refractivity contribution in [2.45, 2.75) is 33.7 Å². The normalized spacial score (nSPS) is 10.9. The first kappa shape index (κ1) is 14.0. The number of hydrogen-bond donors (Lipinski definition) is 1. The van der Waals surface area contributed by atoms with Crippen LogP contribution in [0.4, 0.5) is 5.69 Å². The standard InChI is InChI=1S/C15H26N2/c1-5-10-17(4)15-8-6-14(7-9-15)12-16-11-13(2)3/h6-9,13,16H,5,10-12H2,1-4H3. The Morgan fingerprint density at radius 1 is 1.18 bits per heavy atom. The van der Waals surface area contributed by atoms with E-state index in [0.29, 0.717) is 5.92 Å². The van der Waals surface area contributed by atoms with Crippen LogP contribution in [0.25, 0.3) is 0 Å². The lowest BCUT2D eigenvalue weighted by Gasteiger charge is -2.18. The summed E-state index contributed by atoms with van der Waals surface area (Å²) in [6.07, 6.45) is 1.19. The first-order chi connectivity index (χ1) is 8.13. The van der Waals surface area contributed by atoms with Crippen molar-refractivity contribution in [2.75, 3.05) is 25.0 Å². The summed E-state index contributed by atoms with van der Waals surface area (Å²) in [6, 6.07) is 8.85. The summed E-state index contributed by atoms with van der Waals surface area (Å²) in [7, 11) is 2.15. The van der Waals surface area contributed by atoms with Crippen LogP contribution in [0.15, 0.2) is 24.3 Å². The lowest BCUT2D eigenvalue weighted by Crippen LogP contribution is -2.19. The topological polar surface area (TPSA) is 15.3 Å². The lowest BCUT2D eigenvalue weighted by molar-refractivity contribution is 0.552. The van der Waals surface area contributed by atoms with Gasteiger partial charge in [-0.15, -0.1) is 0 Å². The molecule has 1 rings (SSSR count). The van der Waals surface area contributed by atoms with Gasteiger partial charge >= 0.3 is 0 Å². The smallest absolute Gasteiger partial charge is 0.0363 e. The van der Waals surface area contributed by atoms with Crippen molar-refractivity contribution in [3.8, 4) is 0 Å². The fraction of sp³-hybridized carbons (Fsp3) is 0.600. The molecule has 0 unspecified atom stereocenters. The summed E-state index contributed by atoms with van der Waals surface area (Å²) in [5, 5.41) is 3.46. The zero-order valence-electron chi connectivity index (χ0n) is 11.7. The second-order valence-electron chi connectivity index (χ2n) is 5.11. The van der Waals surface area contributed by atoms with Crippen LogP contribution >= 0.6 is 0 Å². The third-order valence-corrected chi connectivity index (χ3v) is 2.82. The fourth-order valence-corrected chi connectivity index (χ4v) is 1.84. The molecule has 0 heterocycles. The second-order valence-corrected chi connectivity index (χ2v) is 5.11. The van der Waals surface area contributed by atoms with E-state index in [2.05, 4.69) is 62.3 Å². The van der Waals surface area contributed by atoms with Gasteiger partial charge in [0.25, 0.3) is 0 Å². The van der Waals surface area contributed by atoms with E-state index in [0.717, 1.165) is 19.6 Å². The molecule has 0 saturated heterocycles. The van der Waals surface area contributed by atoms with Crippen LogP contribution in [0.3, 0.4) is 0 Å². The predicted octanol–water partition coefficient (Wildman–Crippen LogP) is 3.28. The van der Waals surface area contributed by atoms with Gasteiger partial charge in [-0.1, -0.05) is 32.9 Å². The Morgan fingerprint density at radius 3 is 2.35 bits per heavy atom. The molecule has 0 saturated carbocycles. The number of benzene rings is 1. The van der Waals surface area contributed by atoms with Gasteiger partial charge in [0, 0.05) is 25.8 Å². The van der Waals surface area contributed by atoms with E-state index in [-0.39, 0.29) is 0 Å². The minimum Gasteiger partial charge on any atom is -0.375 e. The van der Waals surface area contributed by atoms with Gasteiger partial charge in [-0.05, 0) is 36.6 Å². The molecular weight excluding hydrogens is 208 g/mol. The second kappa shape index (κ2) is 7.33. The van der Waals surface area contributed by atoms with Crippen LogP contribution in [0, 0.1) is 5.92 Å². The molecule has 0 aliphatic carbocycles. The highest BCUT2D eigenvalue weighted by Crippen LogP contribution is 2.13. The molecule has 0 fully saturated rings. The minimum atomic E-state index is 0.713. The third-order valence-electron chi connectivity index (χ3n) is 2.82. The number of nitrogens with one attached hydrogen (secondary N) is 1. The van der Waals surface area contributed by atoms with E-state index < -0.39 is 0 Å². The van der Waals surface area contributed by atoms with Crippen molar-refractivity contribution in [1.82, 2.24) is 5.32 Å². The Balaban J connectivity index is 2.44. The maximum absolute atomic E-state index is 3.46. The highest BCUT2D eigenvalue weighted by atomic mass is 15.1. The van der Waals surface area contributed by atoms with Crippen LogP contribution in [-0.2, 0) is 6.54 Å². The molecule has 0 amide bonds. The summed E-state index contributed by atoms with van der Waals surface area (Å²) in [4.78, 5) is 2.30. The Morgan fingerprint density at radius 2 is 1.82 bits per heavy atom. The molecule has 17 heavy (non-hydrogen) atoms. The predicted molar refractivity (Wildman–Crippen MR) is 76.5 cm³/mol. The van der Waals surface area contributed by atoms with Crippen molar-refractivity contribution in [3.63, 3.8) is 0 Å². The largest absolute Gasteiger partial charge is 0.375 e. The first-order valence-corrected chi connectivity index (χ1v) is 6.64. The van der Waals surface area contributed by atoms with Crippen molar-refractivity contribution in [3.05, 3.63) is 29.8 Å². The SMILES string of the molecule is CCCN(C)c1ccc(CNCC(C)C)cc1. The molecule has 0 spiro atoms. The van der Waals surface area contributed by atoms with Crippen LogP contribution in [0.5, 0.6) is 0 Å². The Bertz CT molecular complexity index is 303. The fourth-order valence-electron chi connectivity index (χ4n) is 1.84. The van der Waals surface area contributed by atoms with Crippen LogP contribution in [0.1, 0.15) is 32.8 Å². The molecule has 0 aromatic heterocycles. The summed E-state index contributed by atoms with van der Waals surface area (Å²) in [6.45, 7) is 9.84. The van der Waals surface area contributed by atoms with Crippen molar-refractivity contribution < 1.29 is 0 Å². The summed E-state index contributed by atoms with van der Waals surface area (Å²) in [5.41, 5.74) is 2.67. The van der Waals surface area contributed by atoms with Gasteiger partial charge in [0.1, 0.15) is 0 Å². The van der Waals surface area contributed by atoms with Gasteiger partial charge in [0.15, 0.2) is 0 Å². The molecule has 0 radical (unpaired) electrons. The number of hydrogen-bond acceptors (Lipinski definition) is 2. The maximum Gasteiger partial charge on any atom is 0.0363 e. The summed E-state index contributed by atoms with van der Waals surface area (Å²) >= 11 is 0. The van der Waals surface area contributed by atoms with Crippen LogP contribution in [-0.4, -0.2) is 20.1 Å². The van der Waals surface area contributed by atoms with Crippen LogP contribution < -0.4 is 10.2 Å². The number of rotatable bonds is 7. The van der Waals surface area contributed by atoms with Gasteiger partial charge in [-0.3, -0.25) is 0 Å². The molecule has 96 valence electrons. The number of nitrogens with zero attached hydrogens (tertiary/aromatic N) is 1. The molecule has 0 aliphatic rings. The highest BCUT2D eigenvalue weighted by molar-refractivity contribution is 5.46. The van der Waals surface area contributed by atoms with Crippen LogP contribution in [0.2, 0.25) is 0 Å². The number of anilines is 1.